The summed E-state index contributed by atoms with van der Waals surface area (Å²) in [5.74, 6) is 7.35. The first kappa shape index (κ1) is 9.77. The second kappa shape index (κ2) is 4.07. The highest BCUT2D eigenvalue weighted by molar-refractivity contribution is 5.50. The quantitative estimate of drug-likeness (QED) is 0.683. The van der Waals surface area contributed by atoms with E-state index < -0.39 is 0 Å². The van der Waals surface area contributed by atoms with E-state index >= 15 is 0 Å². The molecular formula is C9H18N4. The van der Waals surface area contributed by atoms with Crippen molar-refractivity contribution in [3.8, 4) is 0 Å². The maximum absolute atomic E-state index is 5.76. The fraction of sp³-hybridized carbons (Fsp3) is 0.556. The van der Waals surface area contributed by atoms with Gasteiger partial charge in [-0.05, 0) is 25.5 Å². The fourth-order valence-electron chi connectivity index (χ4n) is 1.42. The Morgan fingerprint density at radius 1 is 1.38 bits per heavy atom. The monoisotopic (exact) mass is 182 g/mol. The first-order valence-corrected chi connectivity index (χ1v) is 4.68. The van der Waals surface area contributed by atoms with Crippen molar-refractivity contribution in [3.63, 3.8) is 0 Å². The van der Waals surface area contributed by atoms with Crippen molar-refractivity contribution in [2.45, 2.75) is 20.3 Å². The summed E-state index contributed by atoms with van der Waals surface area (Å²) < 4.78 is 1.53. The third-order valence-electron chi connectivity index (χ3n) is 2.13. The predicted octanol–water partition coefficient (Wildman–Crippen LogP) is 1.02. The number of hydrogen-bond acceptors (Lipinski definition) is 3. The molecule has 4 nitrogen and oxygen atoms in total. The number of hydrogen-bond donors (Lipinski definition) is 2. The normalized spacial score (nSPS) is 10.3. The molecule has 0 amide bonds. The molecule has 0 unspecified atom stereocenters. The zero-order valence-electron chi connectivity index (χ0n) is 8.33. The molecule has 0 spiro atoms. The van der Waals surface area contributed by atoms with Crippen LogP contribution in [-0.2, 0) is 0 Å². The molecule has 0 fully saturated rings. The van der Waals surface area contributed by atoms with Gasteiger partial charge in [0.1, 0.15) is 11.6 Å². The van der Waals surface area contributed by atoms with Crippen LogP contribution in [0.5, 0.6) is 0 Å². The van der Waals surface area contributed by atoms with Gasteiger partial charge in [0.05, 0.1) is 0 Å². The number of rotatable bonds is 4. The summed E-state index contributed by atoms with van der Waals surface area (Å²) in [6, 6.07) is 3.78. The number of nitrogens with two attached hydrogens (primary N) is 2. The van der Waals surface area contributed by atoms with E-state index in [4.69, 9.17) is 11.6 Å². The number of nitrogen functional groups attached to an aromatic ring is 2. The highest BCUT2D eigenvalue weighted by atomic mass is 15.4. The van der Waals surface area contributed by atoms with Crippen molar-refractivity contribution in [1.82, 2.24) is 4.68 Å². The van der Waals surface area contributed by atoms with Gasteiger partial charge in [0.2, 0.25) is 0 Å². The molecule has 0 bridgehead atoms. The number of aromatic nitrogens is 1. The van der Waals surface area contributed by atoms with Crippen molar-refractivity contribution in [2.24, 2.45) is 0 Å². The minimum absolute atomic E-state index is 0.601. The molecule has 0 saturated heterocycles. The Labute approximate surface area is 79.1 Å². The maximum atomic E-state index is 5.76. The number of nitrogens with zero attached hydrogens (tertiary/aromatic N) is 2. The third kappa shape index (κ3) is 1.88. The van der Waals surface area contributed by atoms with Gasteiger partial charge in [0.25, 0.3) is 0 Å². The molecule has 4 N–H and O–H groups in total. The van der Waals surface area contributed by atoms with E-state index in [9.17, 15) is 0 Å². The zero-order chi connectivity index (χ0) is 9.84. The maximum Gasteiger partial charge on any atom is 0.129 e. The van der Waals surface area contributed by atoms with Gasteiger partial charge in [-0.25, -0.2) is 4.68 Å². The molecular weight excluding hydrogens is 164 g/mol. The molecule has 4 heteroatoms. The van der Waals surface area contributed by atoms with Crippen LogP contribution in [0, 0.1) is 0 Å². The van der Waals surface area contributed by atoms with Crippen LogP contribution in [0.25, 0.3) is 0 Å². The van der Waals surface area contributed by atoms with Gasteiger partial charge in [0.15, 0.2) is 0 Å². The average Bonchev–Trinajstić information content (AvgIpc) is 2.45. The first-order valence-electron chi connectivity index (χ1n) is 4.68. The first-order chi connectivity index (χ1) is 6.20. The highest BCUT2D eigenvalue weighted by Crippen LogP contribution is 2.17. The molecule has 1 heterocycles. The van der Waals surface area contributed by atoms with E-state index in [-0.39, 0.29) is 0 Å². The van der Waals surface area contributed by atoms with Crippen molar-refractivity contribution >= 4 is 11.6 Å². The lowest BCUT2D eigenvalue weighted by Gasteiger charge is -2.22. The van der Waals surface area contributed by atoms with Crippen LogP contribution < -0.4 is 16.5 Å². The van der Waals surface area contributed by atoms with Gasteiger partial charge < -0.3 is 16.5 Å². The highest BCUT2D eigenvalue weighted by Gasteiger charge is 2.08. The second-order valence-electron chi connectivity index (χ2n) is 3.07. The van der Waals surface area contributed by atoms with Crippen molar-refractivity contribution < 1.29 is 0 Å². The summed E-state index contributed by atoms with van der Waals surface area (Å²) >= 11 is 0. The summed E-state index contributed by atoms with van der Waals surface area (Å²) in [5.41, 5.74) is 5.64. The third-order valence-corrected chi connectivity index (χ3v) is 2.13. The van der Waals surface area contributed by atoms with Crippen molar-refractivity contribution in [3.05, 3.63) is 12.1 Å². The van der Waals surface area contributed by atoms with Gasteiger partial charge in [-0.15, -0.1) is 0 Å². The SMILES string of the molecule is CCCN(CC)c1ccc(N)n1N. The van der Waals surface area contributed by atoms with Crippen LogP contribution >= 0.6 is 0 Å². The Hall–Kier alpha value is -1.32. The van der Waals surface area contributed by atoms with Crippen LogP contribution in [0.15, 0.2) is 12.1 Å². The van der Waals surface area contributed by atoms with E-state index in [1.807, 2.05) is 12.1 Å². The van der Waals surface area contributed by atoms with Gasteiger partial charge in [-0.2, -0.15) is 0 Å². The second-order valence-corrected chi connectivity index (χ2v) is 3.07. The average molecular weight is 182 g/mol. The lowest BCUT2D eigenvalue weighted by atomic mass is 10.4. The van der Waals surface area contributed by atoms with Crippen LogP contribution in [0.2, 0.25) is 0 Å². The van der Waals surface area contributed by atoms with E-state index in [0.29, 0.717) is 5.82 Å². The smallest absolute Gasteiger partial charge is 0.129 e. The molecule has 0 atom stereocenters. The van der Waals surface area contributed by atoms with Crippen LogP contribution in [0.4, 0.5) is 11.6 Å². The molecule has 1 aromatic heterocycles. The summed E-state index contributed by atoms with van der Waals surface area (Å²) in [4.78, 5) is 2.20. The summed E-state index contributed by atoms with van der Waals surface area (Å²) in [6.45, 7) is 6.22. The molecule has 1 rings (SSSR count). The number of anilines is 2. The topological polar surface area (TPSA) is 60.2 Å². The largest absolute Gasteiger partial charge is 0.384 e. The molecule has 13 heavy (non-hydrogen) atoms. The van der Waals surface area contributed by atoms with Crippen molar-refractivity contribution in [1.29, 1.82) is 0 Å². The minimum Gasteiger partial charge on any atom is -0.384 e. The predicted molar refractivity (Wildman–Crippen MR) is 57.2 cm³/mol. The summed E-state index contributed by atoms with van der Waals surface area (Å²) in [7, 11) is 0. The molecule has 0 aromatic carbocycles. The summed E-state index contributed by atoms with van der Waals surface area (Å²) in [5, 5.41) is 0. The van der Waals surface area contributed by atoms with Gasteiger partial charge >= 0.3 is 0 Å². The lowest BCUT2D eigenvalue weighted by Crippen LogP contribution is -2.28. The zero-order valence-corrected chi connectivity index (χ0v) is 8.33. The lowest BCUT2D eigenvalue weighted by molar-refractivity contribution is 0.762. The Morgan fingerprint density at radius 2 is 2.08 bits per heavy atom. The van der Waals surface area contributed by atoms with Gasteiger partial charge in [-0.1, -0.05) is 6.92 Å². The standard InChI is InChI=1S/C9H18N4/c1-3-7-12(4-2)9-6-5-8(10)13(9)11/h5-6H,3-4,7,10-11H2,1-2H3. The Morgan fingerprint density at radius 3 is 2.46 bits per heavy atom. The van der Waals surface area contributed by atoms with E-state index in [0.717, 1.165) is 25.3 Å². The Kier molecular flexibility index (Phi) is 3.06. The minimum atomic E-state index is 0.601. The van der Waals surface area contributed by atoms with E-state index in [1.54, 1.807) is 0 Å². The molecule has 0 radical (unpaired) electrons. The molecule has 0 saturated carbocycles. The molecule has 0 aliphatic heterocycles. The Bertz CT molecular complexity index is 267. The molecule has 74 valence electrons. The van der Waals surface area contributed by atoms with Crippen molar-refractivity contribution in [2.75, 3.05) is 29.6 Å². The van der Waals surface area contributed by atoms with Crippen LogP contribution in [0.1, 0.15) is 20.3 Å². The molecule has 0 aliphatic carbocycles. The molecule has 1 aromatic rings. The van der Waals surface area contributed by atoms with E-state index in [2.05, 4.69) is 18.7 Å². The van der Waals surface area contributed by atoms with Gasteiger partial charge in [0, 0.05) is 13.1 Å². The Balaban J connectivity index is 2.84. The van der Waals surface area contributed by atoms with E-state index in [1.165, 1.54) is 4.68 Å². The van der Waals surface area contributed by atoms with Gasteiger partial charge in [-0.3, -0.25) is 0 Å². The van der Waals surface area contributed by atoms with Crippen LogP contribution in [0.3, 0.4) is 0 Å². The molecule has 0 aliphatic rings. The fourth-order valence-corrected chi connectivity index (χ4v) is 1.42. The summed E-state index contributed by atoms with van der Waals surface area (Å²) in [6.07, 6.45) is 1.11. The van der Waals surface area contributed by atoms with Crippen LogP contribution in [-0.4, -0.2) is 17.8 Å².